The van der Waals surface area contributed by atoms with E-state index in [1.807, 2.05) is 0 Å². The van der Waals surface area contributed by atoms with Crippen molar-refractivity contribution in [1.29, 1.82) is 0 Å². The molecule has 1 aromatic carbocycles. The van der Waals surface area contributed by atoms with Gasteiger partial charge in [-0.05, 0) is 16.0 Å². The van der Waals surface area contributed by atoms with Crippen molar-refractivity contribution in [3.8, 4) is 5.69 Å². The van der Waals surface area contributed by atoms with Gasteiger partial charge in [0, 0.05) is 6.07 Å². The fourth-order valence-corrected chi connectivity index (χ4v) is 1.13. The molecule has 0 unspecified atom stereocenters. The number of nitrogens with one attached hydrogen (secondary N) is 1. The SMILES string of the molecule is O=c1c[n+](-c2ccc(Cl)c(F)c2)[nH]o1. The first kappa shape index (κ1) is 8.96. The molecule has 6 heteroatoms. The van der Waals surface area contributed by atoms with Crippen LogP contribution in [0.5, 0.6) is 0 Å². The summed E-state index contributed by atoms with van der Waals surface area (Å²) in [6.07, 6.45) is 1.16. The number of hydrogen-bond donors (Lipinski definition) is 1. The van der Waals surface area contributed by atoms with Crippen LogP contribution in [0, 0.1) is 5.82 Å². The highest BCUT2D eigenvalue weighted by Gasteiger charge is 2.12. The predicted molar refractivity (Wildman–Crippen MR) is 45.8 cm³/mol. The Balaban J connectivity index is 2.52. The van der Waals surface area contributed by atoms with Crippen LogP contribution >= 0.6 is 11.6 Å². The Morgan fingerprint density at radius 2 is 2.29 bits per heavy atom. The lowest BCUT2D eigenvalue weighted by Crippen LogP contribution is -2.32. The third kappa shape index (κ3) is 1.54. The zero-order valence-corrected chi connectivity index (χ0v) is 7.58. The third-order valence-corrected chi connectivity index (χ3v) is 1.97. The van der Waals surface area contributed by atoms with Crippen LogP contribution in [0.4, 0.5) is 4.39 Å². The summed E-state index contributed by atoms with van der Waals surface area (Å²) in [4.78, 5) is 10.7. The first-order chi connectivity index (χ1) is 6.66. The van der Waals surface area contributed by atoms with E-state index < -0.39 is 11.4 Å². The van der Waals surface area contributed by atoms with Crippen LogP contribution in [-0.4, -0.2) is 5.27 Å². The molecule has 1 N–H and O–H groups in total. The minimum Gasteiger partial charge on any atom is -0.283 e. The molecule has 4 nitrogen and oxygen atoms in total. The Kier molecular flexibility index (Phi) is 2.09. The van der Waals surface area contributed by atoms with Gasteiger partial charge in [-0.2, -0.15) is 0 Å². The molecule has 0 aliphatic carbocycles. The predicted octanol–water partition coefficient (Wildman–Crippen LogP) is 1.04. The summed E-state index contributed by atoms with van der Waals surface area (Å²) in [5.41, 5.74) is -0.113. The van der Waals surface area contributed by atoms with Crippen LogP contribution < -0.4 is 10.3 Å². The Bertz CT molecular complexity index is 520. The van der Waals surface area contributed by atoms with Gasteiger partial charge in [-0.25, -0.2) is 9.18 Å². The normalized spacial score (nSPS) is 10.4. The molecule has 1 aromatic heterocycles. The quantitative estimate of drug-likeness (QED) is 0.723. The van der Waals surface area contributed by atoms with Crippen molar-refractivity contribution >= 4 is 11.6 Å². The Morgan fingerprint density at radius 3 is 2.86 bits per heavy atom. The number of aromatic amines is 1. The van der Waals surface area contributed by atoms with Gasteiger partial charge < -0.3 is 0 Å². The molecule has 0 atom stereocenters. The molecule has 2 aromatic rings. The first-order valence-corrected chi connectivity index (χ1v) is 4.10. The average molecular weight is 216 g/mol. The lowest BCUT2D eigenvalue weighted by Gasteiger charge is -1.92. The molecule has 2 rings (SSSR count). The maximum atomic E-state index is 13.0. The molecule has 14 heavy (non-hydrogen) atoms. The van der Waals surface area contributed by atoms with E-state index in [4.69, 9.17) is 11.6 Å². The summed E-state index contributed by atoms with van der Waals surface area (Å²) in [5, 5.41) is 2.32. The lowest BCUT2D eigenvalue weighted by molar-refractivity contribution is -0.670. The maximum Gasteiger partial charge on any atom is 0.427 e. The van der Waals surface area contributed by atoms with Crippen LogP contribution in [0.3, 0.4) is 0 Å². The minimum absolute atomic E-state index is 0.0280. The van der Waals surface area contributed by atoms with E-state index in [1.165, 1.54) is 16.8 Å². The number of halogens is 2. The van der Waals surface area contributed by atoms with Crippen molar-refractivity contribution in [2.24, 2.45) is 0 Å². The highest BCUT2D eigenvalue weighted by molar-refractivity contribution is 6.30. The second-order valence-electron chi connectivity index (χ2n) is 2.61. The summed E-state index contributed by atoms with van der Waals surface area (Å²) < 4.78 is 18.7. The fourth-order valence-electron chi connectivity index (χ4n) is 1.01. The van der Waals surface area contributed by atoms with Gasteiger partial charge in [0.25, 0.3) is 6.20 Å². The molecule has 0 aliphatic rings. The molecule has 1 heterocycles. The van der Waals surface area contributed by atoms with Gasteiger partial charge in [0.1, 0.15) is 5.82 Å². The zero-order valence-electron chi connectivity index (χ0n) is 6.83. The van der Waals surface area contributed by atoms with E-state index in [-0.39, 0.29) is 5.02 Å². The summed E-state index contributed by atoms with van der Waals surface area (Å²) in [7, 11) is 0. The van der Waals surface area contributed by atoms with Crippen molar-refractivity contribution in [2.75, 3.05) is 0 Å². The number of benzene rings is 1. The van der Waals surface area contributed by atoms with Gasteiger partial charge in [-0.1, -0.05) is 11.6 Å². The van der Waals surface area contributed by atoms with Crippen molar-refractivity contribution < 1.29 is 13.6 Å². The Labute approximate surface area is 82.5 Å². The van der Waals surface area contributed by atoms with E-state index in [2.05, 4.69) is 9.79 Å². The van der Waals surface area contributed by atoms with Gasteiger partial charge >= 0.3 is 5.63 Å². The van der Waals surface area contributed by atoms with Crippen LogP contribution in [0.1, 0.15) is 0 Å². The molecule has 72 valence electrons. The summed E-state index contributed by atoms with van der Waals surface area (Å²) >= 11 is 5.49. The first-order valence-electron chi connectivity index (χ1n) is 3.72. The molecule has 0 bridgehead atoms. The second kappa shape index (κ2) is 3.26. The fraction of sp³-hybridized carbons (Fsp3) is 0. The van der Waals surface area contributed by atoms with Crippen LogP contribution in [0.2, 0.25) is 5.02 Å². The van der Waals surface area contributed by atoms with Gasteiger partial charge in [0.15, 0.2) is 0 Å². The lowest BCUT2D eigenvalue weighted by atomic mass is 10.3. The van der Waals surface area contributed by atoms with Crippen LogP contribution in [0.15, 0.2) is 33.7 Å². The summed E-state index contributed by atoms with van der Waals surface area (Å²) in [6.45, 7) is 0. The van der Waals surface area contributed by atoms with Crippen molar-refractivity contribution in [1.82, 2.24) is 5.27 Å². The van der Waals surface area contributed by atoms with Gasteiger partial charge in [-0.3, -0.25) is 4.52 Å². The second-order valence-corrected chi connectivity index (χ2v) is 3.02. The largest absolute Gasteiger partial charge is 0.427 e. The van der Waals surface area contributed by atoms with Crippen molar-refractivity contribution in [3.05, 3.63) is 45.7 Å². The van der Waals surface area contributed by atoms with E-state index in [1.54, 1.807) is 6.07 Å². The van der Waals surface area contributed by atoms with Crippen molar-refractivity contribution in [2.45, 2.75) is 0 Å². The van der Waals surface area contributed by atoms with Gasteiger partial charge in [0.2, 0.25) is 5.69 Å². The highest BCUT2D eigenvalue weighted by Crippen LogP contribution is 2.14. The maximum absolute atomic E-state index is 13.0. The minimum atomic E-state index is -0.557. The molecule has 0 radical (unpaired) electrons. The number of aromatic nitrogens is 2. The molecular formula is C8H5ClFN2O2+. The highest BCUT2D eigenvalue weighted by atomic mass is 35.5. The topological polar surface area (TPSA) is 49.9 Å². The standard InChI is InChI=1S/C8H4ClFN2O2/c9-6-2-1-5(3-7(6)10)12-4-8(13)14-11-12/h1-4H/p+1. The zero-order chi connectivity index (χ0) is 10.1. The average Bonchev–Trinajstić information content (AvgIpc) is 2.57. The van der Waals surface area contributed by atoms with E-state index in [9.17, 15) is 9.18 Å². The number of nitrogens with zero attached hydrogens (tertiary/aromatic N) is 1. The summed E-state index contributed by atoms with van der Waals surface area (Å²) in [5.74, 6) is -0.557. The van der Waals surface area contributed by atoms with Crippen LogP contribution in [0.25, 0.3) is 5.69 Å². The molecule has 0 saturated heterocycles. The van der Waals surface area contributed by atoms with Gasteiger partial charge in [-0.15, -0.1) is 0 Å². The van der Waals surface area contributed by atoms with Crippen molar-refractivity contribution in [3.63, 3.8) is 0 Å². The molecule has 0 aliphatic heterocycles. The molecular weight excluding hydrogens is 211 g/mol. The number of rotatable bonds is 1. The number of H-pyrrole nitrogens is 1. The molecule has 0 amide bonds. The molecule has 0 fully saturated rings. The van der Waals surface area contributed by atoms with Gasteiger partial charge in [0.05, 0.1) is 11.1 Å². The Hall–Kier alpha value is -1.62. The number of hydrogen-bond acceptors (Lipinski definition) is 2. The Morgan fingerprint density at radius 1 is 1.50 bits per heavy atom. The third-order valence-electron chi connectivity index (χ3n) is 1.66. The summed E-state index contributed by atoms with van der Waals surface area (Å²) in [6, 6.07) is 4.13. The van der Waals surface area contributed by atoms with E-state index >= 15 is 0 Å². The molecule has 0 saturated carbocycles. The van der Waals surface area contributed by atoms with Crippen LogP contribution in [-0.2, 0) is 0 Å². The smallest absolute Gasteiger partial charge is 0.283 e. The molecule has 0 spiro atoms. The van der Waals surface area contributed by atoms with E-state index in [0.717, 1.165) is 6.20 Å². The monoisotopic (exact) mass is 215 g/mol. The van der Waals surface area contributed by atoms with E-state index in [0.29, 0.717) is 5.69 Å².